The molecule has 1 nitrogen and oxygen atoms in total. The second kappa shape index (κ2) is 4.54. The average molecular weight is 228 g/mol. The summed E-state index contributed by atoms with van der Waals surface area (Å²) in [6.45, 7) is 2.13. The normalized spacial score (nSPS) is 16.7. The van der Waals surface area contributed by atoms with Crippen molar-refractivity contribution in [3.05, 3.63) is 23.4 Å². The first kappa shape index (κ1) is 10.3. The number of hydrogen-bond acceptors (Lipinski definition) is 2. The van der Waals surface area contributed by atoms with Crippen molar-refractivity contribution in [2.24, 2.45) is 0 Å². The maximum Gasteiger partial charge on any atom is 0.0966 e. The molecule has 1 aliphatic carbocycles. The molecule has 0 aliphatic heterocycles. The summed E-state index contributed by atoms with van der Waals surface area (Å²) in [6.07, 6.45) is 3.62. The van der Waals surface area contributed by atoms with E-state index < -0.39 is 0 Å². The molecule has 0 saturated heterocycles. The van der Waals surface area contributed by atoms with Crippen LogP contribution in [0.3, 0.4) is 0 Å². The molecule has 0 bridgehead atoms. The van der Waals surface area contributed by atoms with Crippen molar-refractivity contribution in [3.8, 4) is 0 Å². The highest BCUT2D eigenvalue weighted by Gasteiger charge is 2.13. The van der Waals surface area contributed by atoms with Crippen molar-refractivity contribution in [3.63, 3.8) is 0 Å². The van der Waals surface area contributed by atoms with Crippen LogP contribution in [0, 0.1) is 0 Å². The van der Waals surface area contributed by atoms with Gasteiger partial charge in [0.2, 0.25) is 0 Å². The summed E-state index contributed by atoms with van der Waals surface area (Å²) in [5, 5.41) is 1.57. The number of fused-ring (bicyclic) bond motifs is 1. The molecular formula is C11H14ClNS. The van der Waals surface area contributed by atoms with Crippen LogP contribution in [0.15, 0.2) is 17.2 Å². The van der Waals surface area contributed by atoms with E-state index in [0.717, 1.165) is 11.4 Å². The number of aryl methyl sites for hydroxylation is 2. The van der Waals surface area contributed by atoms with E-state index >= 15 is 0 Å². The summed E-state index contributed by atoms with van der Waals surface area (Å²) >= 11 is 7.54. The highest BCUT2D eigenvalue weighted by molar-refractivity contribution is 7.99. The van der Waals surface area contributed by atoms with E-state index in [9.17, 15) is 0 Å². The Kier molecular flexibility index (Phi) is 3.34. The lowest BCUT2D eigenvalue weighted by molar-refractivity contribution is 0.891. The largest absolute Gasteiger partial charge is 0.246 e. The average Bonchev–Trinajstić information content (AvgIpc) is 2.64. The minimum atomic E-state index is 0.448. The van der Waals surface area contributed by atoms with E-state index in [1.54, 1.807) is 11.8 Å². The monoisotopic (exact) mass is 227 g/mol. The summed E-state index contributed by atoms with van der Waals surface area (Å²) in [5.41, 5.74) is 2.74. The van der Waals surface area contributed by atoms with E-state index in [-0.39, 0.29) is 0 Å². The van der Waals surface area contributed by atoms with Crippen LogP contribution in [0.4, 0.5) is 0 Å². The molecule has 0 aromatic carbocycles. The molecule has 0 N–H and O–H groups in total. The lowest BCUT2D eigenvalue weighted by Gasteiger charge is -2.07. The van der Waals surface area contributed by atoms with Crippen LogP contribution in [0.1, 0.15) is 24.6 Å². The minimum Gasteiger partial charge on any atom is -0.246 e. The molecule has 0 amide bonds. The highest BCUT2D eigenvalue weighted by Crippen LogP contribution is 2.26. The number of nitrogens with zero attached hydrogens (tertiary/aromatic N) is 1. The van der Waals surface area contributed by atoms with Gasteiger partial charge in [-0.25, -0.2) is 4.98 Å². The van der Waals surface area contributed by atoms with E-state index in [2.05, 4.69) is 24.0 Å². The van der Waals surface area contributed by atoms with E-state index in [1.165, 1.54) is 24.1 Å². The quantitative estimate of drug-likeness (QED) is 0.581. The molecule has 1 atom stereocenters. The second-order valence-corrected chi connectivity index (χ2v) is 5.46. The molecule has 0 fully saturated rings. The fraction of sp³-hybridized carbons (Fsp3) is 0.545. The summed E-state index contributed by atoms with van der Waals surface area (Å²) < 4.78 is 0. The summed E-state index contributed by atoms with van der Waals surface area (Å²) in [5.74, 6) is 0.684. The van der Waals surface area contributed by atoms with Gasteiger partial charge in [-0.1, -0.05) is 13.0 Å². The van der Waals surface area contributed by atoms with Crippen LogP contribution in [0.25, 0.3) is 0 Å². The third kappa shape index (κ3) is 2.23. The Labute approximate surface area is 94.3 Å². The smallest absolute Gasteiger partial charge is 0.0966 e. The Morgan fingerprint density at radius 1 is 1.50 bits per heavy atom. The Hall–Kier alpha value is -0.210. The summed E-state index contributed by atoms with van der Waals surface area (Å²) in [6, 6.07) is 4.34. The van der Waals surface area contributed by atoms with Crippen LogP contribution < -0.4 is 0 Å². The maximum absolute atomic E-state index is 5.77. The first-order valence-corrected chi connectivity index (χ1v) is 6.42. The molecule has 76 valence electrons. The Balaban J connectivity index is 2.12. The van der Waals surface area contributed by atoms with Crippen molar-refractivity contribution < 1.29 is 0 Å². The van der Waals surface area contributed by atoms with Crippen molar-refractivity contribution >= 4 is 23.4 Å². The standard InChI is InChI=1S/C11H14ClNS/c1-8(7-12)14-11-6-5-9-3-2-4-10(9)13-11/h5-6,8H,2-4,7H2,1H3. The first-order valence-electron chi connectivity index (χ1n) is 5.01. The number of rotatable bonds is 3. The van der Waals surface area contributed by atoms with Crippen LogP contribution in [-0.2, 0) is 12.8 Å². The molecular weight excluding hydrogens is 214 g/mol. The van der Waals surface area contributed by atoms with Gasteiger partial charge in [0, 0.05) is 16.8 Å². The van der Waals surface area contributed by atoms with Crippen molar-refractivity contribution in [2.75, 3.05) is 5.88 Å². The van der Waals surface area contributed by atoms with Gasteiger partial charge in [-0.05, 0) is 30.9 Å². The lowest BCUT2D eigenvalue weighted by atomic mass is 10.2. The Morgan fingerprint density at radius 2 is 2.36 bits per heavy atom. The fourth-order valence-electron chi connectivity index (χ4n) is 1.70. The van der Waals surface area contributed by atoms with Crippen LogP contribution >= 0.6 is 23.4 Å². The van der Waals surface area contributed by atoms with E-state index in [0.29, 0.717) is 11.1 Å². The summed E-state index contributed by atoms with van der Waals surface area (Å²) in [7, 11) is 0. The fourth-order valence-corrected chi connectivity index (χ4v) is 2.68. The Bertz CT molecular complexity index is 327. The van der Waals surface area contributed by atoms with Crippen molar-refractivity contribution in [1.29, 1.82) is 0 Å². The number of halogens is 1. The molecule has 1 aliphatic rings. The molecule has 1 aromatic heterocycles. The predicted octanol–water partition coefficient (Wildman–Crippen LogP) is 3.29. The highest BCUT2D eigenvalue weighted by atomic mass is 35.5. The zero-order valence-corrected chi connectivity index (χ0v) is 9.87. The van der Waals surface area contributed by atoms with Crippen LogP contribution in [0.2, 0.25) is 0 Å². The summed E-state index contributed by atoms with van der Waals surface area (Å²) in [4.78, 5) is 4.65. The minimum absolute atomic E-state index is 0.448. The van der Waals surface area contributed by atoms with Gasteiger partial charge >= 0.3 is 0 Å². The number of thioether (sulfide) groups is 1. The third-order valence-corrected chi connectivity index (χ3v) is 4.13. The van der Waals surface area contributed by atoms with Gasteiger partial charge in [0.05, 0.1) is 5.03 Å². The second-order valence-electron chi connectivity index (χ2n) is 3.69. The zero-order chi connectivity index (χ0) is 9.97. The number of aromatic nitrogens is 1. The van der Waals surface area contributed by atoms with Gasteiger partial charge in [0.15, 0.2) is 0 Å². The molecule has 1 unspecified atom stereocenters. The van der Waals surface area contributed by atoms with E-state index in [4.69, 9.17) is 11.6 Å². The van der Waals surface area contributed by atoms with Crippen LogP contribution in [-0.4, -0.2) is 16.1 Å². The molecule has 3 heteroatoms. The first-order chi connectivity index (χ1) is 6.79. The number of hydrogen-bond donors (Lipinski definition) is 0. The van der Waals surface area contributed by atoms with Crippen LogP contribution in [0.5, 0.6) is 0 Å². The molecule has 2 rings (SSSR count). The molecule has 0 saturated carbocycles. The van der Waals surface area contributed by atoms with Gasteiger partial charge in [0.1, 0.15) is 0 Å². The molecule has 0 spiro atoms. The predicted molar refractivity (Wildman–Crippen MR) is 62.3 cm³/mol. The lowest BCUT2D eigenvalue weighted by Crippen LogP contribution is -1.99. The van der Waals surface area contributed by atoms with Gasteiger partial charge in [-0.15, -0.1) is 23.4 Å². The Morgan fingerprint density at radius 3 is 3.14 bits per heavy atom. The molecule has 14 heavy (non-hydrogen) atoms. The number of alkyl halides is 1. The zero-order valence-electron chi connectivity index (χ0n) is 8.29. The van der Waals surface area contributed by atoms with Gasteiger partial charge in [0.25, 0.3) is 0 Å². The molecule has 1 aromatic rings. The van der Waals surface area contributed by atoms with E-state index in [1.807, 2.05) is 0 Å². The van der Waals surface area contributed by atoms with Gasteiger partial charge in [-0.3, -0.25) is 0 Å². The SMILES string of the molecule is CC(CCl)Sc1ccc2c(n1)CCC2. The molecule has 1 heterocycles. The van der Waals surface area contributed by atoms with Crippen molar-refractivity contribution in [1.82, 2.24) is 4.98 Å². The maximum atomic E-state index is 5.77. The number of pyridine rings is 1. The molecule has 0 radical (unpaired) electrons. The topological polar surface area (TPSA) is 12.9 Å². The van der Waals surface area contributed by atoms with Gasteiger partial charge < -0.3 is 0 Å². The van der Waals surface area contributed by atoms with Gasteiger partial charge in [-0.2, -0.15) is 0 Å². The van der Waals surface area contributed by atoms with Crippen molar-refractivity contribution in [2.45, 2.75) is 36.5 Å². The third-order valence-electron chi connectivity index (χ3n) is 2.44.